The molecule has 1 amide bonds. The van der Waals surface area contributed by atoms with Crippen molar-refractivity contribution < 1.29 is 38.1 Å². The van der Waals surface area contributed by atoms with Gasteiger partial charge in [-0.1, -0.05) is 48.5 Å². The number of nitrogens with one attached hydrogen (secondary N) is 3. The zero-order valence-corrected chi connectivity index (χ0v) is 41.9. The Kier molecular flexibility index (Phi) is 16.9. The van der Waals surface area contributed by atoms with Gasteiger partial charge in [0, 0.05) is 68.9 Å². The summed E-state index contributed by atoms with van der Waals surface area (Å²) in [6, 6.07) is 18.7. The highest BCUT2D eigenvalue weighted by Gasteiger charge is 2.29. The number of alkyl carbamates (subject to hydrolysis) is 1. The minimum Gasteiger partial charge on any atom is -0.463 e. The molecule has 8 rings (SSSR count). The summed E-state index contributed by atoms with van der Waals surface area (Å²) >= 11 is 2.87. The lowest BCUT2D eigenvalue weighted by atomic mass is 10.1. The molecule has 0 radical (unpaired) electrons. The van der Waals surface area contributed by atoms with E-state index in [4.69, 9.17) is 18.9 Å². The van der Waals surface area contributed by atoms with Crippen LogP contribution in [0.15, 0.2) is 117 Å². The Morgan fingerprint density at radius 3 is 1.57 bits per heavy atom. The minimum absolute atomic E-state index is 0.00306. The average Bonchev–Trinajstić information content (AvgIpc) is 4.12. The van der Waals surface area contributed by atoms with Gasteiger partial charge in [-0.05, 0) is 64.4 Å². The van der Waals surface area contributed by atoms with Gasteiger partial charge in [-0.15, -0.1) is 0 Å². The number of rotatable bonds is 16. The maximum absolute atomic E-state index is 13.5. The van der Waals surface area contributed by atoms with Gasteiger partial charge in [-0.3, -0.25) is 19.6 Å². The summed E-state index contributed by atoms with van der Waals surface area (Å²) in [5.41, 5.74) is 1.35. The molecule has 0 atom stereocenters. The first-order valence-electron chi connectivity index (χ1n) is 22.7. The van der Waals surface area contributed by atoms with Crippen LogP contribution in [-0.2, 0) is 36.8 Å². The zero-order chi connectivity index (χ0) is 51.4. The highest BCUT2D eigenvalue weighted by atomic mass is 32.1. The second kappa shape index (κ2) is 23.5. The summed E-state index contributed by atoms with van der Waals surface area (Å²) < 4.78 is 23.3. The van der Waals surface area contributed by atoms with Crippen molar-refractivity contribution in [1.29, 1.82) is 0 Å². The second-order valence-electron chi connectivity index (χ2n) is 16.5. The molecule has 0 fully saturated rings. The number of anilines is 4. The van der Waals surface area contributed by atoms with Crippen LogP contribution in [0.2, 0.25) is 0 Å². The molecule has 0 aliphatic heterocycles. The van der Waals surface area contributed by atoms with E-state index in [0.717, 1.165) is 21.5 Å². The number of fused-ring (bicyclic) bond motifs is 2. The Morgan fingerprint density at radius 1 is 0.639 bits per heavy atom. The summed E-state index contributed by atoms with van der Waals surface area (Å²) in [5, 5.41) is 28.5. The molecular formula is C51H51N9O10S2. The van der Waals surface area contributed by atoms with Crippen LogP contribution in [0.5, 0.6) is 0 Å². The molecule has 0 saturated heterocycles. The lowest BCUT2D eigenvalue weighted by Gasteiger charge is -2.20. The van der Waals surface area contributed by atoms with E-state index in [2.05, 4.69) is 36.1 Å². The number of amides is 1. The van der Waals surface area contributed by atoms with E-state index in [9.17, 15) is 28.8 Å². The average molecular weight is 1010 g/mol. The Labute approximate surface area is 420 Å². The molecule has 0 aliphatic rings. The van der Waals surface area contributed by atoms with Crippen molar-refractivity contribution in [2.24, 2.45) is 0 Å². The first-order valence-corrected chi connectivity index (χ1v) is 24.6. The summed E-state index contributed by atoms with van der Waals surface area (Å²) in [4.78, 5) is 85.7. The largest absolute Gasteiger partial charge is 0.463 e. The number of hydrogen-bond donors (Lipinski definition) is 3. The fourth-order valence-electron chi connectivity index (χ4n) is 7.19. The summed E-state index contributed by atoms with van der Waals surface area (Å²) in [6.45, 7) is 10.6. The molecule has 21 heteroatoms. The number of esters is 3. The Morgan fingerprint density at radius 2 is 1.12 bits per heavy atom. The first kappa shape index (κ1) is 51.5. The highest BCUT2D eigenvalue weighted by molar-refractivity contribution is 7.08. The summed E-state index contributed by atoms with van der Waals surface area (Å²) in [5.74, 6) is -2.30. The predicted octanol–water partition coefficient (Wildman–Crippen LogP) is 8.97. The number of ether oxygens (including phenoxy) is 4. The van der Waals surface area contributed by atoms with Crippen LogP contribution >= 0.6 is 22.7 Å². The molecule has 0 unspecified atom stereocenters. The van der Waals surface area contributed by atoms with E-state index >= 15 is 0 Å². The van der Waals surface area contributed by atoms with Crippen LogP contribution in [0.4, 0.5) is 27.5 Å². The molecule has 372 valence electrons. The van der Waals surface area contributed by atoms with Crippen molar-refractivity contribution >= 4 is 91.0 Å². The molecule has 2 aromatic carbocycles. The van der Waals surface area contributed by atoms with Gasteiger partial charge in [0.05, 0.1) is 36.9 Å². The van der Waals surface area contributed by atoms with Gasteiger partial charge < -0.3 is 34.9 Å². The van der Waals surface area contributed by atoms with Crippen LogP contribution in [0.25, 0.3) is 44.1 Å². The monoisotopic (exact) mass is 1010 g/mol. The summed E-state index contributed by atoms with van der Waals surface area (Å²) in [7, 11) is 0. The van der Waals surface area contributed by atoms with Crippen molar-refractivity contribution in [3.05, 3.63) is 139 Å². The van der Waals surface area contributed by atoms with E-state index < -0.39 is 47.3 Å². The number of nitrogens with zero attached hydrogens (tertiary/aromatic N) is 6. The lowest BCUT2D eigenvalue weighted by Crippen LogP contribution is -2.34. The van der Waals surface area contributed by atoms with Crippen LogP contribution in [0, 0.1) is 0 Å². The standard InChI is InChI=1S/C27H29N5O5S.C24H22N4O5S/c1-5-32-24(33)23(30-20-15-28-14-17-8-6-7-9-19(17)20)21(22(31-32)18-10-13-38-16-18)25(34)36-12-11-29-26(35)37-27(2,3)4;1-3-28-23(30)22(26-18-12-25-11-15-7-5-6-8-17(15)18)20(21(27-28)16-9-10-34-14-16)24(31)33-13-19(29)32-4-2/h6-10,13-16,30H,5,11-12H2,1-4H3,(H,29,35);5-12,14,26H,3-4,13H2,1-2H3. The minimum atomic E-state index is -0.863. The fourth-order valence-corrected chi connectivity index (χ4v) is 8.47. The van der Waals surface area contributed by atoms with Gasteiger partial charge >= 0.3 is 24.0 Å². The van der Waals surface area contributed by atoms with Crippen molar-refractivity contribution in [1.82, 2.24) is 34.8 Å². The molecule has 0 spiro atoms. The predicted molar refractivity (Wildman–Crippen MR) is 276 cm³/mol. The molecule has 0 aliphatic carbocycles. The topological polar surface area (TPSA) is 237 Å². The number of thiophene rings is 2. The van der Waals surface area contributed by atoms with Crippen molar-refractivity contribution in [2.45, 2.75) is 60.2 Å². The van der Waals surface area contributed by atoms with Crippen LogP contribution < -0.4 is 27.1 Å². The van der Waals surface area contributed by atoms with Crippen molar-refractivity contribution in [3.8, 4) is 22.5 Å². The molecule has 8 aromatic rings. The van der Waals surface area contributed by atoms with Gasteiger partial charge in [0.1, 0.15) is 46.1 Å². The van der Waals surface area contributed by atoms with Crippen LogP contribution in [0.1, 0.15) is 62.3 Å². The highest BCUT2D eigenvalue weighted by Crippen LogP contribution is 2.33. The molecule has 0 bridgehead atoms. The van der Waals surface area contributed by atoms with Crippen LogP contribution in [-0.4, -0.2) is 85.5 Å². The number of benzene rings is 2. The lowest BCUT2D eigenvalue weighted by molar-refractivity contribution is -0.146. The normalized spacial score (nSPS) is 11.0. The van der Waals surface area contributed by atoms with Crippen molar-refractivity contribution in [3.63, 3.8) is 0 Å². The maximum Gasteiger partial charge on any atom is 0.407 e. The molecule has 6 aromatic heterocycles. The number of aryl methyl sites for hydroxylation is 2. The van der Waals surface area contributed by atoms with Crippen LogP contribution in [0.3, 0.4) is 0 Å². The van der Waals surface area contributed by atoms with Gasteiger partial charge in [0.15, 0.2) is 6.61 Å². The Hall–Kier alpha value is -8.30. The number of hydrogen-bond acceptors (Lipinski definition) is 18. The third-order valence-electron chi connectivity index (χ3n) is 10.4. The first-order chi connectivity index (χ1) is 34.7. The Bertz CT molecular complexity index is 3340. The zero-order valence-electron chi connectivity index (χ0n) is 40.2. The quantitative estimate of drug-likeness (QED) is 0.0465. The molecule has 0 saturated carbocycles. The second-order valence-corrected chi connectivity index (χ2v) is 18.0. The third kappa shape index (κ3) is 12.3. The molecular weight excluding hydrogens is 963 g/mol. The summed E-state index contributed by atoms with van der Waals surface area (Å²) in [6.07, 6.45) is 5.99. The van der Waals surface area contributed by atoms with Gasteiger partial charge in [-0.25, -0.2) is 28.5 Å². The number of carbonyl (C=O) groups excluding carboxylic acids is 4. The molecule has 19 nitrogen and oxygen atoms in total. The smallest absolute Gasteiger partial charge is 0.407 e. The van der Waals surface area contributed by atoms with Gasteiger partial charge in [0.25, 0.3) is 11.1 Å². The van der Waals surface area contributed by atoms with Crippen molar-refractivity contribution in [2.75, 3.05) is 37.0 Å². The Balaban J connectivity index is 0.000000213. The fraction of sp³-hybridized carbons (Fsp3) is 0.255. The van der Waals surface area contributed by atoms with Gasteiger partial charge in [-0.2, -0.15) is 32.9 Å². The molecule has 3 N–H and O–H groups in total. The number of pyridine rings is 2. The molecule has 72 heavy (non-hydrogen) atoms. The number of aromatic nitrogens is 6. The van der Waals surface area contributed by atoms with E-state index in [-0.39, 0.29) is 54.5 Å². The van der Waals surface area contributed by atoms with E-state index in [0.29, 0.717) is 34.7 Å². The van der Waals surface area contributed by atoms with Gasteiger partial charge in [0.2, 0.25) is 0 Å². The van der Waals surface area contributed by atoms with E-state index in [1.54, 1.807) is 72.4 Å². The van der Waals surface area contributed by atoms with E-state index in [1.807, 2.05) is 76.1 Å². The maximum atomic E-state index is 13.5. The third-order valence-corrected chi connectivity index (χ3v) is 11.8. The SMILES string of the molecule is CCOC(=O)COC(=O)c1c(-c2ccsc2)nn(CC)c(=O)c1Nc1cncc2ccccc12.CCn1nc(-c2ccsc2)c(C(=O)OCCNC(=O)OC(C)(C)C)c(Nc2cncc3ccccc23)c1=O. The number of carbonyl (C=O) groups is 4. The van der Waals surface area contributed by atoms with E-state index in [1.165, 1.54) is 32.0 Å². The molecule has 6 heterocycles.